The molecule has 0 aliphatic heterocycles. The molecule has 0 atom stereocenters. The van der Waals surface area contributed by atoms with Crippen molar-refractivity contribution in [1.29, 1.82) is 0 Å². The van der Waals surface area contributed by atoms with Crippen LogP contribution in [0.3, 0.4) is 0 Å². The van der Waals surface area contributed by atoms with Crippen molar-refractivity contribution in [3.63, 3.8) is 0 Å². The van der Waals surface area contributed by atoms with E-state index in [9.17, 15) is 31.1 Å². The minimum Gasteiger partial charge on any atom is -0.321 e. The lowest BCUT2D eigenvalue weighted by Gasteiger charge is -2.14. The Morgan fingerprint density at radius 1 is 0.958 bits per heavy atom. The van der Waals surface area contributed by atoms with Crippen molar-refractivity contribution in [3.8, 4) is 0 Å². The van der Waals surface area contributed by atoms with Gasteiger partial charge >= 0.3 is 12.4 Å². The zero-order valence-corrected chi connectivity index (χ0v) is 12.1. The fourth-order valence-electron chi connectivity index (χ4n) is 1.67. The molecule has 24 heavy (non-hydrogen) atoms. The van der Waals surface area contributed by atoms with Crippen LogP contribution >= 0.6 is 11.6 Å². The number of rotatable bonds is 2. The molecule has 1 amide bonds. The van der Waals surface area contributed by atoms with Gasteiger partial charge in [-0.15, -0.1) is 0 Å². The summed E-state index contributed by atoms with van der Waals surface area (Å²) in [5.41, 5.74) is -4.16. The summed E-state index contributed by atoms with van der Waals surface area (Å²) in [6.07, 6.45) is -7.98. The Kier molecular flexibility index (Phi) is 4.70. The van der Waals surface area contributed by atoms with E-state index in [0.717, 1.165) is 12.4 Å². The van der Waals surface area contributed by atoms with Gasteiger partial charge in [-0.05, 0) is 18.2 Å². The Bertz CT molecular complexity index is 743. The van der Waals surface area contributed by atoms with Crippen LogP contribution in [0.15, 0.2) is 30.6 Å². The summed E-state index contributed by atoms with van der Waals surface area (Å²) in [7, 11) is 0. The first-order valence-corrected chi connectivity index (χ1v) is 6.43. The average molecular weight is 370 g/mol. The second kappa shape index (κ2) is 6.27. The predicted molar refractivity (Wildman–Crippen MR) is 71.4 cm³/mol. The fraction of sp³-hybridized carbons (Fsp3) is 0.154. The molecular weight excluding hydrogens is 364 g/mol. The summed E-state index contributed by atoms with van der Waals surface area (Å²) in [6.45, 7) is 0. The topological polar surface area (TPSA) is 54.9 Å². The molecule has 11 heteroatoms. The average Bonchev–Trinajstić information content (AvgIpc) is 2.45. The van der Waals surface area contributed by atoms with Gasteiger partial charge < -0.3 is 5.32 Å². The molecular formula is C13H6ClF6N3O. The lowest BCUT2D eigenvalue weighted by Crippen LogP contribution is -2.17. The quantitative estimate of drug-likeness (QED) is 0.797. The molecule has 128 valence electrons. The Balaban J connectivity index is 2.40. The van der Waals surface area contributed by atoms with Crippen LogP contribution in [0.5, 0.6) is 0 Å². The number of carbonyl (C=O) groups is 1. The van der Waals surface area contributed by atoms with E-state index in [4.69, 9.17) is 11.6 Å². The molecule has 4 nitrogen and oxygen atoms in total. The highest BCUT2D eigenvalue weighted by atomic mass is 35.5. The third-order valence-corrected chi connectivity index (χ3v) is 2.87. The Hall–Kier alpha value is -2.36. The molecule has 0 aliphatic rings. The maximum Gasteiger partial charge on any atom is 0.416 e. The summed E-state index contributed by atoms with van der Waals surface area (Å²) in [5.74, 6) is -1.06. The molecule has 1 heterocycles. The van der Waals surface area contributed by atoms with Crippen LogP contribution in [0.4, 0.5) is 32.0 Å². The number of nitrogens with one attached hydrogen (secondary N) is 1. The van der Waals surface area contributed by atoms with E-state index in [0.29, 0.717) is 12.1 Å². The third kappa shape index (κ3) is 4.34. The number of benzene rings is 1. The molecule has 0 spiro atoms. The number of amides is 1. The Morgan fingerprint density at radius 2 is 1.50 bits per heavy atom. The van der Waals surface area contributed by atoms with Crippen LogP contribution in [-0.2, 0) is 12.4 Å². The molecule has 2 rings (SSSR count). The number of anilines is 1. The zero-order chi connectivity index (χ0) is 18.1. The number of hydrogen-bond acceptors (Lipinski definition) is 3. The van der Waals surface area contributed by atoms with E-state index in [2.05, 4.69) is 9.97 Å². The van der Waals surface area contributed by atoms with Crippen molar-refractivity contribution < 1.29 is 31.1 Å². The smallest absolute Gasteiger partial charge is 0.321 e. The van der Waals surface area contributed by atoms with E-state index in [1.165, 1.54) is 0 Å². The summed E-state index contributed by atoms with van der Waals surface area (Å²) in [6, 6.07) is 0.713. The van der Waals surface area contributed by atoms with Crippen LogP contribution in [0.25, 0.3) is 0 Å². The molecule has 1 aromatic heterocycles. The molecule has 1 aromatic carbocycles. The van der Waals surface area contributed by atoms with Gasteiger partial charge in [-0.2, -0.15) is 26.3 Å². The Labute approximate surface area is 135 Å². The van der Waals surface area contributed by atoms with Crippen LogP contribution in [0, 0.1) is 0 Å². The van der Waals surface area contributed by atoms with E-state index in [1.54, 1.807) is 0 Å². The van der Waals surface area contributed by atoms with Crippen LogP contribution in [0.1, 0.15) is 21.6 Å². The first kappa shape index (κ1) is 18.0. The number of hydrogen-bond donors (Lipinski definition) is 1. The van der Waals surface area contributed by atoms with Gasteiger partial charge in [-0.1, -0.05) is 11.6 Å². The summed E-state index contributed by atoms with van der Waals surface area (Å²) < 4.78 is 76.4. The largest absolute Gasteiger partial charge is 0.416 e. The van der Waals surface area contributed by atoms with E-state index >= 15 is 0 Å². The van der Waals surface area contributed by atoms with Crippen molar-refractivity contribution in [2.75, 3.05) is 5.32 Å². The van der Waals surface area contributed by atoms with Gasteiger partial charge in [0.2, 0.25) is 0 Å². The SMILES string of the molecule is O=C(Nc1cc(C(F)(F)F)cc(C(F)(F)F)c1)c1cncc(Cl)n1. The highest BCUT2D eigenvalue weighted by Crippen LogP contribution is 2.37. The summed E-state index contributed by atoms with van der Waals surface area (Å²) in [5, 5.41) is 1.75. The van der Waals surface area contributed by atoms with Crippen molar-refractivity contribution >= 4 is 23.2 Å². The number of nitrogens with zero attached hydrogens (tertiary/aromatic N) is 2. The normalized spacial score (nSPS) is 12.1. The Morgan fingerprint density at radius 3 is 1.96 bits per heavy atom. The summed E-state index contributed by atoms with van der Waals surface area (Å²) >= 11 is 5.51. The van der Waals surface area contributed by atoms with Gasteiger partial charge in [0, 0.05) is 5.69 Å². The van der Waals surface area contributed by atoms with Gasteiger partial charge in [0.15, 0.2) is 0 Å². The predicted octanol–water partition coefficient (Wildman–Crippen LogP) is 4.42. The highest BCUT2D eigenvalue weighted by Gasteiger charge is 2.37. The van der Waals surface area contributed by atoms with Crippen molar-refractivity contribution in [2.45, 2.75) is 12.4 Å². The fourth-order valence-corrected chi connectivity index (χ4v) is 1.82. The number of alkyl halides is 6. The first-order chi connectivity index (χ1) is 11.0. The van der Waals surface area contributed by atoms with Crippen molar-refractivity contribution in [3.05, 3.63) is 52.6 Å². The summed E-state index contributed by atoms with van der Waals surface area (Å²) in [4.78, 5) is 19.0. The molecule has 0 saturated heterocycles. The molecule has 0 aliphatic carbocycles. The second-order valence-electron chi connectivity index (χ2n) is 4.48. The molecule has 2 aromatic rings. The van der Waals surface area contributed by atoms with Gasteiger partial charge in [-0.25, -0.2) is 4.98 Å². The van der Waals surface area contributed by atoms with Gasteiger partial charge in [0.05, 0.1) is 23.5 Å². The van der Waals surface area contributed by atoms with Crippen molar-refractivity contribution in [2.24, 2.45) is 0 Å². The molecule has 0 fully saturated rings. The highest BCUT2D eigenvalue weighted by molar-refractivity contribution is 6.29. The van der Waals surface area contributed by atoms with Gasteiger partial charge in [0.25, 0.3) is 5.91 Å². The van der Waals surface area contributed by atoms with Crippen LogP contribution in [0.2, 0.25) is 5.15 Å². The molecule has 0 saturated carbocycles. The van der Waals surface area contributed by atoms with Gasteiger partial charge in [-0.3, -0.25) is 9.78 Å². The van der Waals surface area contributed by atoms with E-state index < -0.39 is 35.1 Å². The minimum absolute atomic E-state index is 0.0468. The van der Waals surface area contributed by atoms with Crippen LogP contribution < -0.4 is 5.32 Å². The maximum atomic E-state index is 12.7. The lowest BCUT2D eigenvalue weighted by atomic mass is 10.1. The van der Waals surface area contributed by atoms with E-state index in [-0.39, 0.29) is 16.9 Å². The monoisotopic (exact) mass is 369 g/mol. The number of aromatic nitrogens is 2. The zero-order valence-electron chi connectivity index (χ0n) is 11.3. The van der Waals surface area contributed by atoms with Crippen LogP contribution in [-0.4, -0.2) is 15.9 Å². The van der Waals surface area contributed by atoms with Gasteiger partial charge in [0.1, 0.15) is 10.8 Å². The second-order valence-corrected chi connectivity index (χ2v) is 4.86. The third-order valence-electron chi connectivity index (χ3n) is 2.68. The lowest BCUT2D eigenvalue weighted by molar-refractivity contribution is -0.143. The molecule has 0 bridgehead atoms. The first-order valence-electron chi connectivity index (χ1n) is 6.05. The minimum atomic E-state index is -5.02. The molecule has 0 unspecified atom stereocenters. The molecule has 1 N–H and O–H groups in total. The maximum absolute atomic E-state index is 12.7. The number of carbonyl (C=O) groups excluding carboxylic acids is 1. The van der Waals surface area contributed by atoms with E-state index in [1.807, 2.05) is 5.32 Å². The number of halogens is 7. The van der Waals surface area contributed by atoms with Crippen molar-refractivity contribution in [1.82, 2.24) is 9.97 Å². The molecule has 0 radical (unpaired) electrons. The standard InChI is InChI=1S/C13H6ClF6N3O/c14-10-5-21-4-9(23-10)11(24)22-8-2-6(12(15,16)17)1-7(3-8)13(18,19)20/h1-5H,(H,22,24).